The third kappa shape index (κ3) is 2.99. The lowest BCUT2D eigenvalue weighted by Crippen LogP contribution is -2.36. The molecule has 0 spiro atoms. The summed E-state index contributed by atoms with van der Waals surface area (Å²) in [7, 11) is 1.70. The zero-order valence-electron chi connectivity index (χ0n) is 11.1. The van der Waals surface area contributed by atoms with Crippen molar-refractivity contribution in [1.82, 2.24) is 5.43 Å². The Morgan fingerprint density at radius 2 is 2.28 bits per heavy atom. The standard InChI is InChI=1S/C14H22N2OS/c1-10-9-11(17-2)6-7-12(10)14(16-15)13-5-3-4-8-18-13/h6-7,9,13-14,16H,3-5,8,15H2,1-2H3. The van der Waals surface area contributed by atoms with E-state index in [2.05, 4.69) is 24.5 Å². The fourth-order valence-electron chi connectivity index (χ4n) is 2.55. The van der Waals surface area contributed by atoms with E-state index in [-0.39, 0.29) is 6.04 Å². The fourth-order valence-corrected chi connectivity index (χ4v) is 3.97. The molecule has 0 aliphatic carbocycles. The first-order valence-electron chi connectivity index (χ1n) is 6.48. The summed E-state index contributed by atoms with van der Waals surface area (Å²) >= 11 is 2.04. The number of hydrazine groups is 1. The molecule has 2 unspecified atom stereocenters. The molecule has 2 atom stereocenters. The number of ether oxygens (including phenoxy) is 1. The Morgan fingerprint density at radius 1 is 1.44 bits per heavy atom. The predicted molar refractivity (Wildman–Crippen MR) is 77.9 cm³/mol. The number of methoxy groups -OCH3 is 1. The van der Waals surface area contributed by atoms with Crippen molar-refractivity contribution in [1.29, 1.82) is 0 Å². The average Bonchev–Trinajstić information content (AvgIpc) is 2.42. The Hall–Kier alpha value is -0.710. The first-order valence-corrected chi connectivity index (χ1v) is 7.53. The number of aryl methyl sites for hydroxylation is 1. The number of rotatable bonds is 4. The van der Waals surface area contributed by atoms with Crippen molar-refractivity contribution in [3.8, 4) is 5.75 Å². The highest BCUT2D eigenvalue weighted by Gasteiger charge is 2.25. The molecule has 0 radical (unpaired) electrons. The second-order valence-corrected chi connectivity index (χ2v) is 6.12. The largest absolute Gasteiger partial charge is 0.497 e. The van der Waals surface area contributed by atoms with E-state index in [1.807, 2.05) is 17.8 Å². The van der Waals surface area contributed by atoms with Crippen LogP contribution in [0.2, 0.25) is 0 Å². The highest BCUT2D eigenvalue weighted by atomic mass is 32.2. The molecule has 3 nitrogen and oxygen atoms in total. The zero-order chi connectivity index (χ0) is 13.0. The summed E-state index contributed by atoms with van der Waals surface area (Å²) in [4.78, 5) is 0. The van der Waals surface area contributed by atoms with Gasteiger partial charge in [0.05, 0.1) is 13.2 Å². The molecule has 4 heteroatoms. The van der Waals surface area contributed by atoms with Gasteiger partial charge >= 0.3 is 0 Å². The summed E-state index contributed by atoms with van der Waals surface area (Å²) in [5.74, 6) is 7.93. The van der Waals surface area contributed by atoms with E-state index in [0.29, 0.717) is 5.25 Å². The molecule has 1 aromatic rings. The fraction of sp³-hybridized carbons (Fsp3) is 0.571. The lowest BCUT2D eigenvalue weighted by Gasteiger charge is -2.30. The van der Waals surface area contributed by atoms with Gasteiger partial charge in [-0.25, -0.2) is 0 Å². The van der Waals surface area contributed by atoms with Gasteiger partial charge in [-0.15, -0.1) is 0 Å². The topological polar surface area (TPSA) is 47.3 Å². The molecular formula is C14H22N2OS. The molecule has 1 aliphatic heterocycles. The smallest absolute Gasteiger partial charge is 0.119 e. The highest BCUT2D eigenvalue weighted by molar-refractivity contribution is 8.00. The molecular weight excluding hydrogens is 244 g/mol. The van der Waals surface area contributed by atoms with Crippen molar-refractivity contribution >= 4 is 11.8 Å². The summed E-state index contributed by atoms with van der Waals surface area (Å²) in [5, 5.41) is 0.579. The van der Waals surface area contributed by atoms with Gasteiger partial charge in [0.25, 0.3) is 0 Å². The third-order valence-electron chi connectivity index (χ3n) is 3.58. The molecule has 1 aromatic carbocycles. The molecule has 0 amide bonds. The first-order chi connectivity index (χ1) is 8.76. The van der Waals surface area contributed by atoms with Crippen LogP contribution in [0.4, 0.5) is 0 Å². The van der Waals surface area contributed by atoms with Crippen LogP contribution in [-0.4, -0.2) is 18.1 Å². The maximum absolute atomic E-state index is 5.78. The molecule has 1 heterocycles. The van der Waals surface area contributed by atoms with Gasteiger partial charge in [-0.05, 0) is 48.8 Å². The number of thioether (sulfide) groups is 1. The molecule has 0 bridgehead atoms. The van der Waals surface area contributed by atoms with E-state index in [0.717, 1.165) is 5.75 Å². The lowest BCUT2D eigenvalue weighted by molar-refractivity contribution is 0.413. The van der Waals surface area contributed by atoms with Crippen LogP contribution in [0.3, 0.4) is 0 Å². The molecule has 100 valence electrons. The minimum absolute atomic E-state index is 0.237. The van der Waals surface area contributed by atoms with Gasteiger partial charge in [0.1, 0.15) is 5.75 Å². The van der Waals surface area contributed by atoms with Crippen molar-refractivity contribution in [2.75, 3.05) is 12.9 Å². The van der Waals surface area contributed by atoms with Crippen molar-refractivity contribution in [2.45, 2.75) is 37.5 Å². The van der Waals surface area contributed by atoms with Gasteiger partial charge in [0, 0.05) is 5.25 Å². The van der Waals surface area contributed by atoms with Crippen LogP contribution < -0.4 is 16.0 Å². The summed E-state index contributed by atoms with van der Waals surface area (Å²) in [6, 6.07) is 6.46. The van der Waals surface area contributed by atoms with Crippen molar-refractivity contribution in [3.05, 3.63) is 29.3 Å². The SMILES string of the molecule is COc1ccc(C(NN)C2CCCCS2)c(C)c1. The second kappa shape index (κ2) is 6.45. The maximum Gasteiger partial charge on any atom is 0.119 e. The molecule has 1 fully saturated rings. The van der Waals surface area contributed by atoms with E-state index in [4.69, 9.17) is 10.6 Å². The summed E-state index contributed by atoms with van der Waals surface area (Å²) in [6.07, 6.45) is 3.89. The Morgan fingerprint density at radius 3 is 2.83 bits per heavy atom. The van der Waals surface area contributed by atoms with Crippen LogP contribution in [0, 0.1) is 6.92 Å². The monoisotopic (exact) mass is 266 g/mol. The minimum atomic E-state index is 0.237. The van der Waals surface area contributed by atoms with Crippen LogP contribution in [-0.2, 0) is 0 Å². The van der Waals surface area contributed by atoms with Crippen molar-refractivity contribution in [3.63, 3.8) is 0 Å². The Balaban J connectivity index is 2.20. The van der Waals surface area contributed by atoms with Gasteiger partial charge in [0.15, 0.2) is 0 Å². The summed E-state index contributed by atoms with van der Waals surface area (Å²) in [6.45, 7) is 2.12. The Kier molecular flexibility index (Phi) is 4.92. The van der Waals surface area contributed by atoms with Gasteiger partial charge in [-0.1, -0.05) is 12.5 Å². The second-order valence-electron chi connectivity index (χ2n) is 4.77. The number of benzene rings is 1. The van der Waals surface area contributed by atoms with Crippen LogP contribution >= 0.6 is 11.8 Å². The quantitative estimate of drug-likeness (QED) is 0.650. The number of hydrogen-bond donors (Lipinski definition) is 2. The van der Waals surface area contributed by atoms with Crippen LogP contribution in [0.1, 0.15) is 36.4 Å². The van der Waals surface area contributed by atoms with E-state index >= 15 is 0 Å². The predicted octanol–water partition coefficient (Wildman–Crippen LogP) is 2.79. The molecule has 18 heavy (non-hydrogen) atoms. The van der Waals surface area contributed by atoms with E-state index in [1.54, 1.807) is 7.11 Å². The van der Waals surface area contributed by atoms with E-state index < -0.39 is 0 Å². The van der Waals surface area contributed by atoms with Crippen molar-refractivity contribution < 1.29 is 4.74 Å². The molecule has 3 N–H and O–H groups in total. The molecule has 0 saturated carbocycles. The number of nitrogens with two attached hydrogens (primary N) is 1. The molecule has 2 rings (SSSR count). The normalized spacial score (nSPS) is 21.6. The van der Waals surface area contributed by atoms with Gasteiger partial charge in [0.2, 0.25) is 0 Å². The molecule has 0 aromatic heterocycles. The number of hydrogen-bond acceptors (Lipinski definition) is 4. The van der Waals surface area contributed by atoms with Crippen LogP contribution in [0.5, 0.6) is 5.75 Å². The van der Waals surface area contributed by atoms with Crippen molar-refractivity contribution in [2.24, 2.45) is 5.84 Å². The molecule has 1 saturated heterocycles. The van der Waals surface area contributed by atoms with Gasteiger partial charge < -0.3 is 4.74 Å². The summed E-state index contributed by atoms with van der Waals surface area (Å²) in [5.41, 5.74) is 5.53. The maximum atomic E-state index is 5.78. The Bertz CT molecular complexity index is 391. The highest BCUT2D eigenvalue weighted by Crippen LogP contribution is 2.36. The average molecular weight is 266 g/mol. The lowest BCUT2D eigenvalue weighted by atomic mass is 9.96. The minimum Gasteiger partial charge on any atom is -0.497 e. The van der Waals surface area contributed by atoms with Gasteiger partial charge in [-0.2, -0.15) is 11.8 Å². The van der Waals surface area contributed by atoms with E-state index in [9.17, 15) is 0 Å². The molecule has 1 aliphatic rings. The van der Waals surface area contributed by atoms with Crippen LogP contribution in [0.25, 0.3) is 0 Å². The zero-order valence-corrected chi connectivity index (χ0v) is 11.9. The van der Waals surface area contributed by atoms with Gasteiger partial charge in [-0.3, -0.25) is 11.3 Å². The summed E-state index contributed by atoms with van der Waals surface area (Å²) < 4.78 is 5.25. The van der Waals surface area contributed by atoms with Crippen LogP contribution in [0.15, 0.2) is 18.2 Å². The Labute approximate surface area is 113 Å². The van der Waals surface area contributed by atoms with E-state index in [1.165, 1.54) is 36.1 Å². The first kappa shape index (κ1) is 13.7. The third-order valence-corrected chi connectivity index (χ3v) is 5.04. The number of nitrogens with one attached hydrogen (secondary N) is 1.